The van der Waals surface area contributed by atoms with Crippen molar-refractivity contribution < 1.29 is 32.6 Å². The molecule has 1 saturated carbocycles. The zero-order chi connectivity index (χ0) is 32.5. The molecule has 0 amide bonds. The largest absolute Gasteiger partial charge is 0.492 e. The van der Waals surface area contributed by atoms with Crippen LogP contribution in [0.25, 0.3) is 22.0 Å². The lowest BCUT2D eigenvalue weighted by Gasteiger charge is -2.35. The quantitative estimate of drug-likeness (QED) is 0.190. The van der Waals surface area contributed by atoms with E-state index in [0.29, 0.717) is 41.8 Å². The fraction of sp³-hybridized carbons (Fsp3) is 0.343. The number of esters is 2. The Hall–Kier alpha value is -4.77. The number of fused-ring (bicyclic) bond motifs is 1. The summed E-state index contributed by atoms with van der Waals surface area (Å²) < 4.78 is 48.4. The minimum absolute atomic E-state index is 0.00356. The SMILES string of the molecule is COc1c(N2CCNC(C)C2)c(F)cc2c(=O)c(C(=O)OCOC(=O)C(C)c3ccc(-c4ccccc4)c(F)c3)cn(C3CC3)c12. The number of methoxy groups -OCH3 is 1. The maximum absolute atomic E-state index is 15.7. The number of ether oxygens (including phenoxy) is 3. The van der Waals surface area contributed by atoms with Crippen molar-refractivity contribution >= 4 is 28.5 Å². The van der Waals surface area contributed by atoms with Gasteiger partial charge in [0.1, 0.15) is 17.1 Å². The van der Waals surface area contributed by atoms with Gasteiger partial charge >= 0.3 is 11.9 Å². The lowest BCUT2D eigenvalue weighted by atomic mass is 9.97. The van der Waals surface area contributed by atoms with Gasteiger partial charge in [0.15, 0.2) is 11.6 Å². The summed E-state index contributed by atoms with van der Waals surface area (Å²) in [5.74, 6) is -3.48. The van der Waals surface area contributed by atoms with Crippen LogP contribution in [0.15, 0.2) is 65.6 Å². The first-order chi connectivity index (χ1) is 22.2. The van der Waals surface area contributed by atoms with Crippen molar-refractivity contribution in [3.63, 3.8) is 0 Å². The number of halogens is 2. The fourth-order valence-corrected chi connectivity index (χ4v) is 5.99. The van der Waals surface area contributed by atoms with Gasteiger partial charge in [-0.15, -0.1) is 0 Å². The van der Waals surface area contributed by atoms with Crippen LogP contribution >= 0.6 is 0 Å². The van der Waals surface area contributed by atoms with E-state index in [1.165, 1.54) is 19.4 Å². The highest BCUT2D eigenvalue weighted by Crippen LogP contribution is 2.44. The highest BCUT2D eigenvalue weighted by atomic mass is 19.1. The first-order valence-electron chi connectivity index (χ1n) is 15.3. The van der Waals surface area contributed by atoms with Gasteiger partial charge in [-0.2, -0.15) is 0 Å². The number of anilines is 1. The number of pyridine rings is 1. The van der Waals surface area contributed by atoms with Crippen LogP contribution in [0.3, 0.4) is 0 Å². The van der Waals surface area contributed by atoms with Gasteiger partial charge in [0.25, 0.3) is 0 Å². The molecule has 2 fully saturated rings. The molecule has 9 nitrogen and oxygen atoms in total. The second kappa shape index (κ2) is 12.9. The molecular formula is C35H35F2N3O6. The van der Waals surface area contributed by atoms with Gasteiger partial charge in [0.2, 0.25) is 12.2 Å². The molecule has 1 aliphatic carbocycles. The van der Waals surface area contributed by atoms with Gasteiger partial charge in [-0.25, -0.2) is 13.6 Å². The Kier molecular flexibility index (Phi) is 8.77. The molecule has 2 aliphatic rings. The van der Waals surface area contributed by atoms with E-state index < -0.39 is 41.7 Å². The van der Waals surface area contributed by atoms with Crippen LogP contribution < -0.4 is 20.4 Å². The first-order valence-corrected chi connectivity index (χ1v) is 15.3. The number of piperazine rings is 1. The predicted molar refractivity (Wildman–Crippen MR) is 169 cm³/mol. The lowest BCUT2D eigenvalue weighted by Crippen LogP contribution is -2.49. The average Bonchev–Trinajstić information content (AvgIpc) is 3.90. The summed E-state index contributed by atoms with van der Waals surface area (Å²) in [7, 11) is 1.44. The van der Waals surface area contributed by atoms with E-state index >= 15 is 4.39 Å². The summed E-state index contributed by atoms with van der Waals surface area (Å²) >= 11 is 0. The molecule has 240 valence electrons. The van der Waals surface area contributed by atoms with Gasteiger partial charge in [-0.3, -0.25) is 9.59 Å². The van der Waals surface area contributed by atoms with Crippen molar-refractivity contribution in [2.75, 3.05) is 38.4 Å². The molecule has 4 aromatic rings. The van der Waals surface area contributed by atoms with Crippen molar-refractivity contribution in [3.05, 3.63) is 93.8 Å². The molecule has 1 aliphatic heterocycles. The Morgan fingerprint density at radius 2 is 1.80 bits per heavy atom. The number of carbonyl (C=O) groups is 2. The van der Waals surface area contributed by atoms with E-state index in [1.54, 1.807) is 35.8 Å². The molecule has 1 N–H and O–H groups in total. The summed E-state index contributed by atoms with van der Waals surface area (Å²) in [6.07, 6.45) is 3.04. The van der Waals surface area contributed by atoms with Crippen LogP contribution in [0.5, 0.6) is 5.75 Å². The third-order valence-corrected chi connectivity index (χ3v) is 8.57. The van der Waals surface area contributed by atoms with E-state index in [2.05, 4.69) is 5.32 Å². The van der Waals surface area contributed by atoms with Crippen LogP contribution in [0.4, 0.5) is 14.5 Å². The Morgan fingerprint density at radius 3 is 2.48 bits per heavy atom. The van der Waals surface area contributed by atoms with Crippen LogP contribution in [-0.2, 0) is 14.3 Å². The summed E-state index contributed by atoms with van der Waals surface area (Å²) in [5, 5.41) is 3.33. The zero-order valence-corrected chi connectivity index (χ0v) is 25.8. The predicted octanol–water partition coefficient (Wildman–Crippen LogP) is 5.55. The summed E-state index contributed by atoms with van der Waals surface area (Å²) in [4.78, 5) is 41.3. The fourth-order valence-electron chi connectivity index (χ4n) is 5.99. The minimum Gasteiger partial charge on any atom is -0.492 e. The van der Waals surface area contributed by atoms with E-state index in [1.807, 2.05) is 30.0 Å². The van der Waals surface area contributed by atoms with Crippen LogP contribution in [0.1, 0.15) is 54.6 Å². The maximum atomic E-state index is 15.7. The van der Waals surface area contributed by atoms with Crippen molar-refractivity contribution in [2.45, 2.75) is 44.7 Å². The molecule has 0 spiro atoms. The Morgan fingerprint density at radius 1 is 1.04 bits per heavy atom. The van der Waals surface area contributed by atoms with Gasteiger partial charge in [-0.05, 0) is 49.9 Å². The van der Waals surface area contributed by atoms with Crippen molar-refractivity contribution in [1.82, 2.24) is 9.88 Å². The molecule has 0 bridgehead atoms. The number of nitrogens with one attached hydrogen (secondary N) is 1. The topological polar surface area (TPSA) is 99.1 Å². The molecule has 2 heterocycles. The van der Waals surface area contributed by atoms with E-state index in [4.69, 9.17) is 14.2 Å². The molecule has 6 rings (SSSR count). The van der Waals surface area contributed by atoms with Crippen LogP contribution in [-0.4, -0.2) is 56.1 Å². The number of aromatic nitrogens is 1. The summed E-state index contributed by atoms with van der Waals surface area (Å²) in [6, 6.07) is 14.8. The maximum Gasteiger partial charge on any atom is 0.346 e. The highest BCUT2D eigenvalue weighted by Gasteiger charge is 2.32. The van der Waals surface area contributed by atoms with E-state index in [9.17, 15) is 18.8 Å². The van der Waals surface area contributed by atoms with Crippen molar-refractivity contribution in [3.8, 4) is 16.9 Å². The molecule has 2 unspecified atom stereocenters. The number of nitrogens with zero attached hydrogens (tertiary/aromatic N) is 2. The number of hydrogen-bond donors (Lipinski definition) is 1. The van der Waals surface area contributed by atoms with Crippen molar-refractivity contribution in [2.24, 2.45) is 0 Å². The molecule has 1 saturated heterocycles. The van der Waals surface area contributed by atoms with Crippen molar-refractivity contribution in [1.29, 1.82) is 0 Å². The van der Waals surface area contributed by atoms with Gasteiger partial charge in [-0.1, -0.05) is 42.5 Å². The van der Waals surface area contributed by atoms with E-state index in [-0.39, 0.29) is 34.5 Å². The third kappa shape index (κ3) is 6.06. The first kappa shape index (κ1) is 31.2. The number of hydrogen-bond acceptors (Lipinski definition) is 8. The standard InChI is InChI=1S/C35H35F2N3O6/c1-20-17-39(14-13-38-20)31-29(37)16-26-30(33(31)44-3)40(24-10-11-24)18-27(32(26)41)35(43)46-19-45-34(42)21(2)23-9-12-25(28(36)15-23)22-7-5-4-6-8-22/h4-9,12,15-16,18,20-21,24,38H,10-11,13-14,17,19H2,1-3H3. The van der Waals surface area contributed by atoms with Gasteiger partial charge < -0.3 is 29.0 Å². The second-order valence-corrected chi connectivity index (χ2v) is 11.8. The molecule has 2 atom stereocenters. The summed E-state index contributed by atoms with van der Waals surface area (Å²) in [5.41, 5.74) is 1.16. The molecule has 0 radical (unpaired) electrons. The normalized spacial score (nSPS) is 17.1. The molecule has 11 heteroatoms. The second-order valence-electron chi connectivity index (χ2n) is 11.8. The van der Waals surface area contributed by atoms with Gasteiger partial charge in [0.05, 0.1) is 23.9 Å². The minimum atomic E-state index is -1.01. The van der Waals surface area contributed by atoms with Gasteiger partial charge in [0, 0.05) is 43.5 Å². The number of benzene rings is 3. The summed E-state index contributed by atoms with van der Waals surface area (Å²) in [6.45, 7) is 4.59. The lowest BCUT2D eigenvalue weighted by molar-refractivity contribution is -0.153. The van der Waals surface area contributed by atoms with E-state index in [0.717, 1.165) is 18.9 Å². The number of carbonyl (C=O) groups excluding carboxylic acids is 2. The highest BCUT2D eigenvalue weighted by molar-refractivity contribution is 5.98. The van der Waals surface area contributed by atoms with Crippen LogP contribution in [0.2, 0.25) is 0 Å². The Balaban J connectivity index is 1.20. The Bertz CT molecular complexity index is 1860. The number of rotatable bonds is 9. The molecule has 3 aromatic carbocycles. The Labute approximate surface area is 264 Å². The zero-order valence-electron chi connectivity index (χ0n) is 25.8. The molecule has 46 heavy (non-hydrogen) atoms. The molecular weight excluding hydrogens is 596 g/mol. The third-order valence-electron chi connectivity index (χ3n) is 8.57. The van der Waals surface area contributed by atoms with Crippen LogP contribution in [0, 0.1) is 11.6 Å². The average molecular weight is 632 g/mol. The smallest absolute Gasteiger partial charge is 0.346 e. The monoisotopic (exact) mass is 631 g/mol. The molecule has 1 aromatic heterocycles.